The van der Waals surface area contributed by atoms with Crippen molar-refractivity contribution in [3.63, 3.8) is 0 Å². The van der Waals surface area contributed by atoms with E-state index in [0.29, 0.717) is 13.0 Å². The van der Waals surface area contributed by atoms with Crippen LogP contribution in [-0.2, 0) is 11.2 Å². The van der Waals surface area contributed by atoms with E-state index >= 15 is 0 Å². The summed E-state index contributed by atoms with van der Waals surface area (Å²) in [5.74, 6) is 0.261. The van der Waals surface area contributed by atoms with Gasteiger partial charge in [-0.2, -0.15) is 0 Å². The highest BCUT2D eigenvalue weighted by Crippen LogP contribution is 2.45. The minimum absolute atomic E-state index is 0.183. The number of ketones is 1. The highest BCUT2D eigenvalue weighted by atomic mass is 16.3. The summed E-state index contributed by atoms with van der Waals surface area (Å²) in [6.45, 7) is 0.490. The largest absolute Gasteiger partial charge is 0.472 e. The maximum absolute atomic E-state index is 11.7. The van der Waals surface area contributed by atoms with Gasteiger partial charge < -0.3 is 10.2 Å². The topological polar surface area (TPSA) is 56.2 Å². The van der Waals surface area contributed by atoms with E-state index in [1.165, 1.54) is 0 Å². The van der Waals surface area contributed by atoms with Crippen molar-refractivity contribution < 1.29 is 9.21 Å². The van der Waals surface area contributed by atoms with Gasteiger partial charge in [0.2, 0.25) is 0 Å². The summed E-state index contributed by atoms with van der Waals surface area (Å²) in [7, 11) is 0. The molecule has 1 fully saturated rings. The van der Waals surface area contributed by atoms with Crippen LogP contribution < -0.4 is 5.73 Å². The maximum atomic E-state index is 11.7. The lowest BCUT2D eigenvalue weighted by molar-refractivity contribution is -0.123. The fraction of sp³-hybridized carbons (Fsp3) is 0.500. The van der Waals surface area contributed by atoms with Gasteiger partial charge >= 0.3 is 0 Å². The first-order chi connectivity index (χ1) is 6.27. The number of carbonyl (C=O) groups is 1. The zero-order valence-electron chi connectivity index (χ0n) is 7.45. The molecular weight excluding hydrogens is 166 g/mol. The van der Waals surface area contributed by atoms with E-state index < -0.39 is 0 Å². The zero-order chi connectivity index (χ0) is 9.31. The van der Waals surface area contributed by atoms with Gasteiger partial charge in [-0.1, -0.05) is 0 Å². The third kappa shape index (κ3) is 1.52. The lowest BCUT2D eigenvalue weighted by Gasteiger charge is -2.08. The fourth-order valence-corrected chi connectivity index (χ4v) is 1.51. The zero-order valence-corrected chi connectivity index (χ0v) is 7.45. The maximum Gasteiger partial charge on any atom is 0.144 e. The SMILES string of the molecule is NCC1(C(=O)Cc2ccoc2)CC1. The van der Waals surface area contributed by atoms with E-state index in [1.54, 1.807) is 12.5 Å². The molecule has 2 rings (SSSR count). The van der Waals surface area contributed by atoms with Gasteiger partial charge in [0.25, 0.3) is 0 Å². The van der Waals surface area contributed by atoms with Gasteiger partial charge in [0.05, 0.1) is 12.5 Å². The molecule has 0 amide bonds. The summed E-state index contributed by atoms with van der Waals surface area (Å²) in [6, 6.07) is 1.82. The summed E-state index contributed by atoms with van der Waals surface area (Å²) in [6.07, 6.45) is 5.59. The summed E-state index contributed by atoms with van der Waals surface area (Å²) >= 11 is 0. The van der Waals surface area contributed by atoms with Crippen LogP contribution in [0.4, 0.5) is 0 Å². The smallest absolute Gasteiger partial charge is 0.144 e. The summed E-state index contributed by atoms with van der Waals surface area (Å²) in [5.41, 5.74) is 6.32. The van der Waals surface area contributed by atoms with Crippen molar-refractivity contribution in [2.45, 2.75) is 19.3 Å². The van der Waals surface area contributed by atoms with Crippen LogP contribution in [-0.4, -0.2) is 12.3 Å². The molecule has 2 N–H and O–H groups in total. The molecule has 70 valence electrons. The Balaban J connectivity index is 2.00. The van der Waals surface area contributed by atoms with Crippen molar-refractivity contribution >= 4 is 5.78 Å². The molecule has 1 aliphatic carbocycles. The molecule has 0 aromatic carbocycles. The Kier molecular flexibility index (Phi) is 1.96. The summed E-state index contributed by atoms with van der Waals surface area (Å²) < 4.78 is 4.90. The minimum Gasteiger partial charge on any atom is -0.472 e. The van der Waals surface area contributed by atoms with Crippen LogP contribution in [0.2, 0.25) is 0 Å². The molecule has 0 aliphatic heterocycles. The van der Waals surface area contributed by atoms with Gasteiger partial charge in [-0.25, -0.2) is 0 Å². The number of nitrogens with two attached hydrogens (primary N) is 1. The predicted molar refractivity (Wildman–Crippen MR) is 48.1 cm³/mol. The fourth-order valence-electron chi connectivity index (χ4n) is 1.51. The van der Waals surface area contributed by atoms with E-state index in [4.69, 9.17) is 10.2 Å². The Morgan fingerprint density at radius 2 is 2.38 bits per heavy atom. The first kappa shape index (κ1) is 8.51. The third-order valence-electron chi connectivity index (χ3n) is 2.78. The van der Waals surface area contributed by atoms with Gasteiger partial charge in [0, 0.05) is 18.4 Å². The van der Waals surface area contributed by atoms with E-state index in [9.17, 15) is 4.79 Å². The third-order valence-corrected chi connectivity index (χ3v) is 2.78. The molecule has 0 unspecified atom stereocenters. The Bertz CT molecular complexity index is 299. The lowest BCUT2D eigenvalue weighted by Crippen LogP contribution is -2.26. The molecule has 0 radical (unpaired) electrons. The first-order valence-corrected chi connectivity index (χ1v) is 4.51. The average Bonchev–Trinajstić information content (AvgIpc) is 2.79. The molecule has 3 heteroatoms. The monoisotopic (exact) mass is 179 g/mol. The molecular formula is C10H13NO2. The standard InChI is InChI=1S/C10H13NO2/c11-7-10(2-3-10)9(12)5-8-1-4-13-6-8/h1,4,6H,2-3,5,7,11H2. The highest BCUT2D eigenvalue weighted by molar-refractivity contribution is 5.89. The van der Waals surface area contributed by atoms with Crippen LogP contribution in [0.25, 0.3) is 0 Å². The van der Waals surface area contributed by atoms with Gasteiger partial charge in [-0.3, -0.25) is 4.79 Å². The van der Waals surface area contributed by atoms with E-state index in [0.717, 1.165) is 18.4 Å². The number of hydrogen-bond donors (Lipinski definition) is 1. The lowest BCUT2D eigenvalue weighted by atomic mass is 9.96. The van der Waals surface area contributed by atoms with Gasteiger partial charge in [0.1, 0.15) is 5.78 Å². The molecule has 0 spiro atoms. The molecule has 1 heterocycles. The number of Topliss-reactive ketones (excluding diaryl/α,β-unsaturated/α-hetero) is 1. The normalized spacial score (nSPS) is 18.5. The molecule has 0 bridgehead atoms. The highest BCUT2D eigenvalue weighted by Gasteiger charge is 2.47. The van der Waals surface area contributed by atoms with Crippen LogP contribution in [0.1, 0.15) is 18.4 Å². The Hall–Kier alpha value is -1.09. The van der Waals surface area contributed by atoms with Gasteiger partial charge in [-0.15, -0.1) is 0 Å². The second kappa shape index (κ2) is 3.00. The van der Waals surface area contributed by atoms with Crippen molar-refractivity contribution in [1.82, 2.24) is 0 Å². The molecule has 0 saturated heterocycles. The molecule has 3 nitrogen and oxygen atoms in total. The van der Waals surface area contributed by atoms with E-state index in [-0.39, 0.29) is 11.2 Å². The second-order valence-electron chi connectivity index (χ2n) is 3.72. The Morgan fingerprint density at radius 3 is 2.85 bits per heavy atom. The Morgan fingerprint density at radius 1 is 1.62 bits per heavy atom. The van der Waals surface area contributed by atoms with Crippen LogP contribution >= 0.6 is 0 Å². The average molecular weight is 179 g/mol. The molecule has 13 heavy (non-hydrogen) atoms. The number of furan rings is 1. The number of rotatable bonds is 4. The molecule has 1 aromatic rings. The summed E-state index contributed by atoms with van der Waals surface area (Å²) in [4.78, 5) is 11.7. The molecule has 0 atom stereocenters. The Labute approximate surface area is 76.9 Å². The van der Waals surface area contributed by atoms with Crippen LogP contribution in [0.15, 0.2) is 23.0 Å². The number of carbonyl (C=O) groups excluding carboxylic acids is 1. The van der Waals surface area contributed by atoms with Crippen LogP contribution in [0, 0.1) is 5.41 Å². The van der Waals surface area contributed by atoms with E-state index in [1.807, 2.05) is 6.07 Å². The van der Waals surface area contributed by atoms with Crippen molar-refractivity contribution in [2.24, 2.45) is 11.1 Å². The second-order valence-corrected chi connectivity index (χ2v) is 3.72. The quantitative estimate of drug-likeness (QED) is 0.753. The van der Waals surface area contributed by atoms with Crippen molar-refractivity contribution in [1.29, 1.82) is 0 Å². The van der Waals surface area contributed by atoms with Crippen LogP contribution in [0.5, 0.6) is 0 Å². The van der Waals surface area contributed by atoms with Crippen molar-refractivity contribution in [3.8, 4) is 0 Å². The predicted octanol–water partition coefficient (Wildman–Crippen LogP) is 1.13. The molecule has 1 aromatic heterocycles. The van der Waals surface area contributed by atoms with E-state index in [2.05, 4.69) is 0 Å². The number of hydrogen-bond acceptors (Lipinski definition) is 3. The van der Waals surface area contributed by atoms with Crippen molar-refractivity contribution in [2.75, 3.05) is 6.54 Å². The minimum atomic E-state index is -0.183. The van der Waals surface area contributed by atoms with Gasteiger partial charge in [-0.05, 0) is 24.5 Å². The first-order valence-electron chi connectivity index (χ1n) is 4.51. The summed E-state index contributed by atoms with van der Waals surface area (Å²) in [5, 5.41) is 0. The molecule has 1 aliphatic rings. The molecule has 1 saturated carbocycles. The van der Waals surface area contributed by atoms with Crippen LogP contribution in [0.3, 0.4) is 0 Å². The van der Waals surface area contributed by atoms with Gasteiger partial charge in [0.15, 0.2) is 0 Å². The van der Waals surface area contributed by atoms with Crippen molar-refractivity contribution in [3.05, 3.63) is 24.2 Å².